The molecule has 0 aliphatic rings. The number of rotatable bonds is 8. The van der Waals surface area contributed by atoms with E-state index in [1.54, 1.807) is 42.5 Å². The van der Waals surface area contributed by atoms with Gasteiger partial charge in [-0.15, -0.1) is 0 Å². The van der Waals surface area contributed by atoms with E-state index in [1.165, 1.54) is 0 Å². The number of anilines is 1. The van der Waals surface area contributed by atoms with Gasteiger partial charge in [-0.2, -0.15) is 5.26 Å². The fourth-order valence-corrected chi connectivity index (χ4v) is 4.63. The Morgan fingerprint density at radius 3 is 2.35 bits per heavy atom. The number of aromatic carboxylic acids is 1. The summed E-state index contributed by atoms with van der Waals surface area (Å²) in [6, 6.07) is 28.1. The van der Waals surface area contributed by atoms with Gasteiger partial charge in [0.2, 0.25) is 5.91 Å². The van der Waals surface area contributed by atoms with Crippen molar-refractivity contribution in [3.8, 4) is 6.07 Å². The van der Waals surface area contributed by atoms with Crippen LogP contribution >= 0.6 is 0 Å². The van der Waals surface area contributed by atoms with E-state index >= 15 is 0 Å². The molecule has 0 aliphatic heterocycles. The molecule has 0 bridgehead atoms. The zero-order chi connectivity index (χ0) is 25.7. The van der Waals surface area contributed by atoms with Crippen molar-refractivity contribution in [1.29, 1.82) is 5.26 Å². The number of nitrogens with zero attached hydrogens (tertiary/aromatic N) is 1. The number of amides is 1. The second kappa shape index (κ2) is 12.7. The molecule has 1 amide bonds. The molecule has 2 N–H and O–H groups in total. The first kappa shape index (κ1) is 28.1. The molecule has 5 nitrogen and oxygen atoms in total. The molecule has 181 valence electrons. The molecular formula is C31H28N2NaO3. The van der Waals surface area contributed by atoms with Gasteiger partial charge in [0.15, 0.2) is 0 Å². The van der Waals surface area contributed by atoms with Crippen molar-refractivity contribution in [3.05, 3.63) is 113 Å². The van der Waals surface area contributed by atoms with Gasteiger partial charge in [-0.05, 0) is 58.0 Å². The van der Waals surface area contributed by atoms with Crippen molar-refractivity contribution in [1.82, 2.24) is 0 Å². The van der Waals surface area contributed by atoms with E-state index in [9.17, 15) is 20.0 Å². The van der Waals surface area contributed by atoms with Crippen LogP contribution in [0.5, 0.6) is 0 Å². The van der Waals surface area contributed by atoms with Crippen molar-refractivity contribution in [2.45, 2.75) is 32.6 Å². The minimum atomic E-state index is -1.00. The number of hydrogen-bond acceptors (Lipinski definition) is 3. The summed E-state index contributed by atoms with van der Waals surface area (Å²) in [5.74, 6) is -1.26. The van der Waals surface area contributed by atoms with E-state index in [0.717, 1.165) is 21.9 Å². The number of carbonyl (C=O) groups is 2. The van der Waals surface area contributed by atoms with Crippen LogP contribution < -0.4 is 5.32 Å². The zero-order valence-corrected chi connectivity index (χ0v) is 23.4. The van der Waals surface area contributed by atoms with Gasteiger partial charge in [-0.25, -0.2) is 4.79 Å². The minimum Gasteiger partial charge on any atom is -0.478 e. The second-order valence-electron chi connectivity index (χ2n) is 9.36. The summed E-state index contributed by atoms with van der Waals surface area (Å²) >= 11 is 0. The number of fused-ring (bicyclic) bond motifs is 1. The largest absolute Gasteiger partial charge is 0.478 e. The molecule has 4 rings (SSSR count). The summed E-state index contributed by atoms with van der Waals surface area (Å²) in [5, 5.41) is 24.3. The minimum absolute atomic E-state index is 0. The number of carbonyl (C=O) groups excluding carboxylic acids is 1. The third-order valence-electron chi connectivity index (χ3n) is 6.35. The molecule has 1 radical (unpaired) electrons. The van der Waals surface area contributed by atoms with Crippen molar-refractivity contribution in [2.75, 3.05) is 5.32 Å². The van der Waals surface area contributed by atoms with Crippen LogP contribution in [-0.4, -0.2) is 46.5 Å². The van der Waals surface area contributed by atoms with Gasteiger partial charge in [-0.3, -0.25) is 4.79 Å². The molecule has 6 heteroatoms. The Balaban J connectivity index is 0.00000380. The van der Waals surface area contributed by atoms with Gasteiger partial charge in [0.1, 0.15) is 0 Å². The Morgan fingerprint density at radius 1 is 0.919 bits per heavy atom. The van der Waals surface area contributed by atoms with Crippen LogP contribution in [0.2, 0.25) is 0 Å². The molecule has 4 aromatic carbocycles. The zero-order valence-electron chi connectivity index (χ0n) is 21.4. The molecule has 0 aliphatic carbocycles. The molecule has 0 spiro atoms. The summed E-state index contributed by atoms with van der Waals surface area (Å²) in [5.41, 5.74) is 3.51. The Kier molecular flexibility index (Phi) is 9.66. The SMILES string of the molecule is CC(C)CC(C(=O)Nc1cc(C#N)ccc1Cc1ccccc1C(=O)O)c1cccc2ccccc12.[Na]. The van der Waals surface area contributed by atoms with Crippen molar-refractivity contribution < 1.29 is 14.7 Å². The molecule has 0 fully saturated rings. The molecule has 0 aromatic heterocycles. The Bertz CT molecular complexity index is 1470. The number of carboxylic acid groups (broad SMARTS) is 1. The molecule has 1 unspecified atom stereocenters. The van der Waals surface area contributed by atoms with Crippen LogP contribution in [0.25, 0.3) is 10.8 Å². The topological polar surface area (TPSA) is 90.2 Å². The van der Waals surface area contributed by atoms with Gasteiger partial charge >= 0.3 is 5.97 Å². The normalized spacial score (nSPS) is 11.4. The van der Waals surface area contributed by atoms with Gasteiger partial charge in [0.05, 0.1) is 23.1 Å². The van der Waals surface area contributed by atoms with Crippen molar-refractivity contribution in [3.63, 3.8) is 0 Å². The van der Waals surface area contributed by atoms with E-state index < -0.39 is 5.97 Å². The average molecular weight is 500 g/mol. The van der Waals surface area contributed by atoms with Gasteiger partial charge in [0.25, 0.3) is 0 Å². The van der Waals surface area contributed by atoms with E-state index in [-0.39, 0.29) is 52.9 Å². The van der Waals surface area contributed by atoms with Crippen LogP contribution in [0.4, 0.5) is 5.69 Å². The Morgan fingerprint density at radius 2 is 1.62 bits per heavy atom. The number of nitrogens with one attached hydrogen (secondary N) is 1. The van der Waals surface area contributed by atoms with E-state index in [4.69, 9.17) is 0 Å². The number of benzene rings is 4. The van der Waals surface area contributed by atoms with Crippen LogP contribution in [0, 0.1) is 17.2 Å². The quantitative estimate of drug-likeness (QED) is 0.275. The van der Waals surface area contributed by atoms with E-state index in [1.807, 2.05) is 42.5 Å². The van der Waals surface area contributed by atoms with E-state index in [0.29, 0.717) is 29.7 Å². The maximum Gasteiger partial charge on any atom is 0.335 e. The average Bonchev–Trinajstić information content (AvgIpc) is 2.88. The predicted octanol–water partition coefficient (Wildman–Crippen LogP) is 6.39. The number of carboxylic acids is 1. The van der Waals surface area contributed by atoms with Gasteiger partial charge in [-0.1, -0.05) is 80.6 Å². The summed E-state index contributed by atoms with van der Waals surface area (Å²) in [6.45, 7) is 4.19. The number of hydrogen-bond donors (Lipinski definition) is 2. The molecule has 0 saturated heterocycles. The van der Waals surface area contributed by atoms with Crippen molar-refractivity contribution in [2.24, 2.45) is 5.92 Å². The second-order valence-corrected chi connectivity index (χ2v) is 9.36. The Labute approximate surface area is 239 Å². The fourth-order valence-electron chi connectivity index (χ4n) is 4.63. The first-order valence-electron chi connectivity index (χ1n) is 12.0. The first-order valence-corrected chi connectivity index (χ1v) is 12.0. The monoisotopic (exact) mass is 499 g/mol. The van der Waals surface area contributed by atoms with E-state index in [2.05, 4.69) is 25.2 Å². The third-order valence-corrected chi connectivity index (χ3v) is 6.35. The molecule has 4 aromatic rings. The maximum atomic E-state index is 13.8. The van der Waals surface area contributed by atoms with Crippen molar-refractivity contribution >= 4 is 57.9 Å². The van der Waals surface area contributed by atoms with Crippen LogP contribution in [0.1, 0.15) is 58.8 Å². The van der Waals surface area contributed by atoms with Crippen LogP contribution in [-0.2, 0) is 11.2 Å². The predicted molar refractivity (Wildman–Crippen MR) is 148 cm³/mol. The summed E-state index contributed by atoms with van der Waals surface area (Å²) in [7, 11) is 0. The molecule has 1 atom stereocenters. The maximum absolute atomic E-state index is 13.8. The summed E-state index contributed by atoms with van der Waals surface area (Å²) < 4.78 is 0. The molecule has 0 heterocycles. The molecule has 0 saturated carbocycles. The molecular weight excluding hydrogens is 471 g/mol. The summed E-state index contributed by atoms with van der Waals surface area (Å²) in [4.78, 5) is 25.5. The molecule has 37 heavy (non-hydrogen) atoms. The van der Waals surface area contributed by atoms with Gasteiger partial charge in [0, 0.05) is 41.7 Å². The number of nitriles is 1. The fraction of sp³-hybridized carbons (Fsp3) is 0.194. The third kappa shape index (κ3) is 6.67. The Hall–Kier alpha value is -3.43. The van der Waals surface area contributed by atoms with Gasteiger partial charge < -0.3 is 10.4 Å². The van der Waals surface area contributed by atoms with Crippen LogP contribution in [0.15, 0.2) is 84.9 Å². The summed E-state index contributed by atoms with van der Waals surface area (Å²) in [6.07, 6.45) is 0.974. The smallest absolute Gasteiger partial charge is 0.335 e. The van der Waals surface area contributed by atoms with Crippen LogP contribution in [0.3, 0.4) is 0 Å². The standard InChI is InChI=1S/C31H28N2O3.Na/c1-20(2)16-28(27-13-7-10-22-8-3-5-11-25(22)27)30(34)33-29-17-21(19-32)14-15-24(29)18-23-9-4-6-12-26(23)31(35)36;/h3-15,17,20,28H,16,18H2,1-2H3,(H,33,34)(H,35,36);. The first-order chi connectivity index (χ1) is 17.4.